The Morgan fingerprint density at radius 1 is 0.300 bits per heavy atom. The molecule has 60 heavy (non-hydrogen) atoms. The van der Waals surface area contributed by atoms with E-state index in [0.29, 0.717) is 0 Å². The van der Waals surface area contributed by atoms with Crippen molar-refractivity contribution in [1.82, 2.24) is 0 Å². The minimum Gasteiger partial charge on any atom is -0.310 e. The first-order valence-corrected chi connectivity index (χ1v) is 21.1. The molecular formula is C59H45N. The number of hydrogen-bond donors (Lipinski definition) is 0. The maximum atomic E-state index is 2.46. The van der Waals surface area contributed by atoms with Gasteiger partial charge in [-0.1, -0.05) is 190 Å². The zero-order valence-corrected chi connectivity index (χ0v) is 34.2. The molecule has 0 bridgehead atoms. The predicted molar refractivity (Wildman–Crippen MR) is 252 cm³/mol. The molecule has 0 saturated heterocycles. The normalized spacial score (nSPS) is 15.4. The van der Waals surface area contributed by atoms with Crippen molar-refractivity contribution in [3.05, 3.63) is 246 Å². The van der Waals surface area contributed by atoms with Gasteiger partial charge in [-0.05, 0) is 127 Å². The van der Waals surface area contributed by atoms with Crippen LogP contribution in [0.2, 0.25) is 0 Å². The minimum absolute atomic E-state index is 0.218. The highest BCUT2D eigenvalue weighted by Gasteiger charge is 2.41. The third-order valence-corrected chi connectivity index (χ3v) is 13.4. The first-order valence-electron chi connectivity index (χ1n) is 21.1. The van der Waals surface area contributed by atoms with Crippen LogP contribution in [0.25, 0.3) is 55.6 Å². The molecule has 0 fully saturated rings. The van der Waals surface area contributed by atoms with Gasteiger partial charge in [-0.15, -0.1) is 0 Å². The Kier molecular flexibility index (Phi) is 8.36. The Balaban J connectivity index is 1.01. The highest BCUT2D eigenvalue weighted by Crippen LogP contribution is 2.55. The van der Waals surface area contributed by atoms with E-state index in [2.05, 4.69) is 244 Å². The Morgan fingerprint density at radius 3 is 1.43 bits per heavy atom. The molecule has 2 aliphatic rings. The van der Waals surface area contributed by atoms with E-state index in [1.807, 2.05) is 0 Å². The van der Waals surface area contributed by atoms with Crippen LogP contribution >= 0.6 is 0 Å². The largest absolute Gasteiger partial charge is 0.310 e. The van der Waals surface area contributed by atoms with Gasteiger partial charge in [0.05, 0.1) is 5.69 Å². The molecule has 11 rings (SSSR count). The average molecular weight is 768 g/mol. The first-order chi connectivity index (χ1) is 29.4. The summed E-state index contributed by atoms with van der Waals surface area (Å²) >= 11 is 0. The molecule has 286 valence electrons. The fraction of sp³-hybridized carbons (Fsp3) is 0.0847. The van der Waals surface area contributed by atoms with Crippen molar-refractivity contribution in [1.29, 1.82) is 0 Å². The van der Waals surface area contributed by atoms with Gasteiger partial charge in [0.2, 0.25) is 0 Å². The van der Waals surface area contributed by atoms with E-state index in [0.717, 1.165) is 17.1 Å². The van der Waals surface area contributed by atoms with E-state index < -0.39 is 0 Å². The van der Waals surface area contributed by atoms with Crippen molar-refractivity contribution in [2.24, 2.45) is 0 Å². The van der Waals surface area contributed by atoms with Crippen LogP contribution in [0.15, 0.2) is 218 Å². The van der Waals surface area contributed by atoms with Crippen LogP contribution in [0.1, 0.15) is 48.6 Å². The third-order valence-electron chi connectivity index (χ3n) is 13.4. The zero-order valence-electron chi connectivity index (χ0n) is 34.2. The molecule has 9 aromatic carbocycles. The van der Waals surface area contributed by atoms with Gasteiger partial charge in [-0.25, -0.2) is 0 Å². The highest BCUT2D eigenvalue weighted by atomic mass is 15.1. The number of nitrogens with zero attached hydrogens (tertiary/aromatic N) is 1. The summed E-state index contributed by atoms with van der Waals surface area (Å²) in [6.07, 6.45) is 0. The Hall–Kier alpha value is -7.22. The maximum Gasteiger partial charge on any atom is 0.0540 e. The molecule has 0 spiro atoms. The SMILES string of the molecule is CC1(C)c2cc(-c3ccc4c(c3)C(C)(c3ccccc3)c3ccccc3-4)ccc2-c2ccc(N(c3ccc(-c4ccccc4)cc3)c3ccccc3-c3ccccc3)cc21. The molecule has 0 aromatic heterocycles. The summed E-state index contributed by atoms with van der Waals surface area (Å²) in [6.45, 7) is 7.19. The smallest absolute Gasteiger partial charge is 0.0540 e. The van der Waals surface area contributed by atoms with E-state index in [-0.39, 0.29) is 10.8 Å². The number of benzene rings is 9. The Bertz CT molecular complexity index is 3050. The van der Waals surface area contributed by atoms with Crippen LogP contribution in [0, 0.1) is 0 Å². The van der Waals surface area contributed by atoms with Gasteiger partial charge in [0.25, 0.3) is 0 Å². The molecule has 1 atom stereocenters. The zero-order chi connectivity index (χ0) is 40.4. The molecule has 9 aromatic rings. The van der Waals surface area contributed by atoms with E-state index in [1.165, 1.54) is 83.5 Å². The topological polar surface area (TPSA) is 3.24 Å². The summed E-state index contributed by atoms with van der Waals surface area (Å²) in [5.41, 5.74) is 22.3. The van der Waals surface area contributed by atoms with Crippen LogP contribution in [-0.4, -0.2) is 0 Å². The van der Waals surface area contributed by atoms with Crippen molar-refractivity contribution in [3.63, 3.8) is 0 Å². The lowest BCUT2D eigenvalue weighted by Gasteiger charge is -2.30. The number of anilines is 3. The second-order valence-corrected chi connectivity index (χ2v) is 17.0. The van der Waals surface area contributed by atoms with Gasteiger partial charge in [0, 0.05) is 27.8 Å². The highest BCUT2D eigenvalue weighted by molar-refractivity contribution is 5.92. The number of para-hydroxylation sites is 1. The fourth-order valence-electron chi connectivity index (χ4n) is 10.2. The quantitative estimate of drug-likeness (QED) is 0.156. The summed E-state index contributed by atoms with van der Waals surface area (Å²) in [4.78, 5) is 2.44. The fourth-order valence-corrected chi connectivity index (χ4v) is 10.2. The third kappa shape index (κ3) is 5.61. The second kappa shape index (κ2) is 14.0. The molecule has 1 heteroatoms. The molecule has 0 aliphatic heterocycles. The van der Waals surface area contributed by atoms with Crippen LogP contribution in [0.5, 0.6) is 0 Å². The number of hydrogen-bond acceptors (Lipinski definition) is 1. The minimum atomic E-state index is -0.237. The lowest BCUT2D eigenvalue weighted by molar-refractivity contribution is 0.660. The van der Waals surface area contributed by atoms with E-state index >= 15 is 0 Å². The van der Waals surface area contributed by atoms with E-state index in [1.54, 1.807) is 0 Å². The van der Waals surface area contributed by atoms with Crippen LogP contribution in [0.4, 0.5) is 17.1 Å². The molecule has 0 heterocycles. The summed E-state index contributed by atoms with van der Waals surface area (Å²) in [6, 6.07) is 80.6. The van der Waals surface area contributed by atoms with Crippen LogP contribution in [0.3, 0.4) is 0 Å². The summed E-state index contributed by atoms with van der Waals surface area (Å²) < 4.78 is 0. The van der Waals surface area contributed by atoms with Crippen molar-refractivity contribution < 1.29 is 0 Å². The standard InChI is InChI=1S/C59H45N/c1-58(2)54-37-43(44-30-35-52-49-24-13-15-25-53(49)59(3,56(52)38-44)45-21-11-6-12-22-45)29-34-50(54)51-36-33-47(39-55(51)58)60(46-31-27-41(28-32-46)40-17-7-4-8-18-40)57-26-16-14-23-48(57)42-19-9-5-10-20-42/h4-39H,1-3H3. The average Bonchev–Trinajstić information content (AvgIpc) is 3.71. The molecule has 0 radical (unpaired) electrons. The summed E-state index contributed by atoms with van der Waals surface area (Å²) in [5, 5.41) is 0. The summed E-state index contributed by atoms with van der Waals surface area (Å²) in [7, 11) is 0. The Morgan fingerprint density at radius 2 is 0.750 bits per heavy atom. The molecule has 2 aliphatic carbocycles. The number of rotatable bonds is 7. The van der Waals surface area contributed by atoms with Gasteiger partial charge >= 0.3 is 0 Å². The van der Waals surface area contributed by atoms with Crippen LogP contribution in [-0.2, 0) is 10.8 Å². The van der Waals surface area contributed by atoms with Gasteiger partial charge in [-0.3, -0.25) is 0 Å². The molecule has 0 N–H and O–H groups in total. The van der Waals surface area contributed by atoms with Crippen molar-refractivity contribution in [3.8, 4) is 55.6 Å². The summed E-state index contributed by atoms with van der Waals surface area (Å²) in [5.74, 6) is 0. The molecule has 1 unspecified atom stereocenters. The van der Waals surface area contributed by atoms with Gasteiger partial charge in [-0.2, -0.15) is 0 Å². The van der Waals surface area contributed by atoms with Crippen molar-refractivity contribution in [2.75, 3.05) is 4.90 Å². The van der Waals surface area contributed by atoms with Crippen molar-refractivity contribution in [2.45, 2.75) is 31.6 Å². The van der Waals surface area contributed by atoms with Gasteiger partial charge < -0.3 is 4.90 Å². The monoisotopic (exact) mass is 767 g/mol. The lowest BCUT2D eigenvalue weighted by Crippen LogP contribution is -2.22. The van der Waals surface area contributed by atoms with Crippen LogP contribution < -0.4 is 4.90 Å². The lowest BCUT2D eigenvalue weighted by atomic mass is 9.74. The van der Waals surface area contributed by atoms with E-state index in [4.69, 9.17) is 0 Å². The molecule has 0 amide bonds. The van der Waals surface area contributed by atoms with Crippen molar-refractivity contribution >= 4 is 17.1 Å². The number of fused-ring (bicyclic) bond motifs is 6. The molecule has 1 nitrogen and oxygen atoms in total. The van der Waals surface area contributed by atoms with Gasteiger partial charge in [0.1, 0.15) is 0 Å². The second-order valence-electron chi connectivity index (χ2n) is 17.0. The van der Waals surface area contributed by atoms with Gasteiger partial charge in [0.15, 0.2) is 0 Å². The maximum absolute atomic E-state index is 2.46. The molecule has 0 saturated carbocycles. The first kappa shape index (κ1) is 35.9. The van der Waals surface area contributed by atoms with E-state index in [9.17, 15) is 0 Å². The predicted octanol–water partition coefficient (Wildman–Crippen LogP) is 15.8. The molecular weight excluding hydrogens is 723 g/mol. The Labute approximate surface area is 353 Å².